The number of aliphatic hydroxyl groups excluding tert-OH is 1. The molecule has 18 heavy (non-hydrogen) atoms. The first kappa shape index (κ1) is 15.1. The number of hydrogen-bond donors (Lipinski definition) is 2. The van der Waals surface area contributed by atoms with Gasteiger partial charge in [0, 0.05) is 20.3 Å². The maximum absolute atomic E-state index is 8.92. The Labute approximate surface area is 109 Å². The lowest BCUT2D eigenvalue weighted by atomic mass is 10.1. The largest absolute Gasteiger partial charge is 0.392 e. The normalized spacial score (nSPS) is 10.8. The summed E-state index contributed by atoms with van der Waals surface area (Å²) < 4.78 is 10.3. The first-order valence-electron chi connectivity index (χ1n) is 6.33. The van der Waals surface area contributed by atoms with Crippen LogP contribution in [0.5, 0.6) is 0 Å². The highest BCUT2D eigenvalue weighted by molar-refractivity contribution is 5.21. The van der Waals surface area contributed by atoms with Gasteiger partial charge in [0.25, 0.3) is 0 Å². The van der Waals surface area contributed by atoms with E-state index in [0.29, 0.717) is 13.2 Å². The van der Waals surface area contributed by atoms with Gasteiger partial charge >= 0.3 is 0 Å². The molecule has 2 N–H and O–H groups in total. The average molecular weight is 253 g/mol. The third-order valence-electron chi connectivity index (χ3n) is 2.61. The van der Waals surface area contributed by atoms with Crippen LogP contribution < -0.4 is 5.32 Å². The van der Waals surface area contributed by atoms with E-state index in [9.17, 15) is 0 Å². The second kappa shape index (κ2) is 10.0. The van der Waals surface area contributed by atoms with Crippen LogP contribution in [0.3, 0.4) is 0 Å². The van der Waals surface area contributed by atoms with Gasteiger partial charge in [-0.2, -0.15) is 0 Å². The van der Waals surface area contributed by atoms with Gasteiger partial charge in [-0.05, 0) is 24.1 Å². The minimum absolute atomic E-state index is 0.104. The zero-order chi connectivity index (χ0) is 13.1. The third kappa shape index (κ3) is 6.71. The highest BCUT2D eigenvalue weighted by Gasteiger charge is 1.94. The van der Waals surface area contributed by atoms with Gasteiger partial charge in [-0.25, -0.2) is 0 Å². The molecule has 0 saturated carbocycles. The molecular formula is C14H23NO3. The van der Waals surface area contributed by atoms with Crippen LogP contribution in [0.4, 0.5) is 0 Å². The van der Waals surface area contributed by atoms with Crippen molar-refractivity contribution in [2.45, 2.75) is 19.6 Å². The molecule has 0 atom stereocenters. The summed E-state index contributed by atoms with van der Waals surface area (Å²) in [6.45, 7) is 3.98. The van der Waals surface area contributed by atoms with Crippen molar-refractivity contribution in [3.8, 4) is 0 Å². The summed E-state index contributed by atoms with van der Waals surface area (Å²) in [5.41, 5.74) is 2.18. The van der Waals surface area contributed by atoms with Crippen LogP contribution in [-0.2, 0) is 22.6 Å². The monoisotopic (exact) mass is 253 g/mol. The molecule has 1 rings (SSSR count). The van der Waals surface area contributed by atoms with Crippen molar-refractivity contribution in [3.05, 3.63) is 35.4 Å². The second-order valence-corrected chi connectivity index (χ2v) is 4.11. The summed E-state index contributed by atoms with van der Waals surface area (Å²) >= 11 is 0. The van der Waals surface area contributed by atoms with Crippen LogP contribution in [0.1, 0.15) is 17.5 Å². The molecular weight excluding hydrogens is 230 g/mol. The molecule has 0 aromatic heterocycles. The van der Waals surface area contributed by atoms with Crippen LogP contribution in [0, 0.1) is 0 Å². The Morgan fingerprint density at radius 2 is 1.78 bits per heavy atom. The Morgan fingerprint density at radius 3 is 2.44 bits per heavy atom. The molecule has 0 saturated heterocycles. The van der Waals surface area contributed by atoms with Crippen molar-refractivity contribution in [1.29, 1.82) is 0 Å². The van der Waals surface area contributed by atoms with Crippen LogP contribution >= 0.6 is 0 Å². The first-order valence-corrected chi connectivity index (χ1v) is 6.33. The lowest BCUT2D eigenvalue weighted by Crippen LogP contribution is -2.16. The van der Waals surface area contributed by atoms with Crippen molar-refractivity contribution in [3.63, 3.8) is 0 Å². The van der Waals surface area contributed by atoms with E-state index in [1.165, 1.54) is 5.56 Å². The van der Waals surface area contributed by atoms with Gasteiger partial charge in [0.2, 0.25) is 0 Å². The summed E-state index contributed by atoms with van der Waals surface area (Å²) in [7, 11) is 1.67. The summed E-state index contributed by atoms with van der Waals surface area (Å²) in [5, 5.41) is 12.3. The minimum Gasteiger partial charge on any atom is -0.392 e. The Morgan fingerprint density at radius 1 is 1.06 bits per heavy atom. The SMILES string of the molecule is COCCOCCCNCc1ccc(CO)cc1. The topological polar surface area (TPSA) is 50.7 Å². The Bertz CT molecular complexity index is 300. The molecule has 0 aliphatic carbocycles. The molecule has 0 unspecified atom stereocenters. The van der Waals surface area contributed by atoms with Crippen LogP contribution in [0.2, 0.25) is 0 Å². The predicted octanol–water partition coefficient (Wildman–Crippen LogP) is 1.32. The van der Waals surface area contributed by atoms with E-state index < -0.39 is 0 Å². The van der Waals surface area contributed by atoms with Gasteiger partial charge in [-0.1, -0.05) is 24.3 Å². The zero-order valence-corrected chi connectivity index (χ0v) is 11.0. The zero-order valence-electron chi connectivity index (χ0n) is 11.0. The summed E-state index contributed by atoms with van der Waals surface area (Å²) in [6, 6.07) is 7.97. The van der Waals surface area contributed by atoms with E-state index in [2.05, 4.69) is 5.32 Å². The van der Waals surface area contributed by atoms with E-state index >= 15 is 0 Å². The standard InChI is InChI=1S/C14H23NO3/c1-17-9-10-18-8-2-7-15-11-13-3-5-14(12-16)6-4-13/h3-6,15-16H,2,7-12H2,1H3. The maximum atomic E-state index is 8.92. The van der Waals surface area contributed by atoms with Gasteiger partial charge < -0.3 is 19.9 Å². The number of benzene rings is 1. The van der Waals surface area contributed by atoms with Gasteiger partial charge in [0.05, 0.1) is 19.8 Å². The number of ether oxygens (including phenoxy) is 2. The Hall–Kier alpha value is -0.940. The van der Waals surface area contributed by atoms with Crippen molar-refractivity contribution in [1.82, 2.24) is 5.32 Å². The van der Waals surface area contributed by atoms with Crippen molar-refractivity contribution >= 4 is 0 Å². The average Bonchev–Trinajstić information content (AvgIpc) is 2.42. The van der Waals surface area contributed by atoms with Crippen LogP contribution in [0.15, 0.2) is 24.3 Å². The minimum atomic E-state index is 0.104. The van der Waals surface area contributed by atoms with Crippen molar-refractivity contribution in [2.24, 2.45) is 0 Å². The fraction of sp³-hybridized carbons (Fsp3) is 0.571. The summed E-state index contributed by atoms with van der Waals surface area (Å²) in [6.07, 6.45) is 0.998. The fourth-order valence-corrected chi connectivity index (χ4v) is 1.54. The molecule has 0 radical (unpaired) electrons. The van der Waals surface area contributed by atoms with E-state index in [1.807, 2.05) is 24.3 Å². The molecule has 0 aliphatic rings. The van der Waals surface area contributed by atoms with Gasteiger partial charge in [0.1, 0.15) is 0 Å². The number of rotatable bonds is 10. The molecule has 1 aromatic rings. The van der Waals surface area contributed by atoms with Gasteiger partial charge in [0.15, 0.2) is 0 Å². The predicted molar refractivity (Wildman–Crippen MR) is 71.4 cm³/mol. The third-order valence-corrected chi connectivity index (χ3v) is 2.61. The van der Waals surface area contributed by atoms with Crippen LogP contribution in [-0.4, -0.2) is 38.6 Å². The Balaban J connectivity index is 2.00. The molecule has 0 fully saturated rings. The van der Waals surface area contributed by atoms with Gasteiger partial charge in [-0.15, -0.1) is 0 Å². The Kier molecular flexibility index (Phi) is 8.42. The maximum Gasteiger partial charge on any atom is 0.0700 e. The molecule has 1 aromatic carbocycles. The fourth-order valence-electron chi connectivity index (χ4n) is 1.54. The highest BCUT2D eigenvalue weighted by atomic mass is 16.5. The lowest BCUT2D eigenvalue weighted by Gasteiger charge is -2.06. The molecule has 0 bridgehead atoms. The van der Waals surface area contributed by atoms with E-state index in [4.69, 9.17) is 14.6 Å². The summed E-state index contributed by atoms with van der Waals surface area (Å²) in [5.74, 6) is 0. The quantitative estimate of drug-likeness (QED) is 0.618. The highest BCUT2D eigenvalue weighted by Crippen LogP contribution is 2.03. The molecule has 4 heteroatoms. The lowest BCUT2D eigenvalue weighted by molar-refractivity contribution is 0.0695. The molecule has 102 valence electrons. The van der Waals surface area contributed by atoms with Gasteiger partial charge in [-0.3, -0.25) is 0 Å². The van der Waals surface area contributed by atoms with Crippen molar-refractivity contribution in [2.75, 3.05) is 33.5 Å². The number of nitrogens with one attached hydrogen (secondary N) is 1. The number of aliphatic hydroxyl groups is 1. The number of hydrogen-bond acceptors (Lipinski definition) is 4. The summed E-state index contributed by atoms with van der Waals surface area (Å²) in [4.78, 5) is 0. The van der Waals surface area contributed by atoms with Crippen LogP contribution in [0.25, 0.3) is 0 Å². The number of methoxy groups -OCH3 is 1. The van der Waals surface area contributed by atoms with Crippen molar-refractivity contribution < 1.29 is 14.6 Å². The van der Waals surface area contributed by atoms with E-state index in [1.54, 1.807) is 7.11 Å². The molecule has 4 nitrogen and oxygen atoms in total. The molecule has 0 heterocycles. The smallest absolute Gasteiger partial charge is 0.0700 e. The molecule has 0 spiro atoms. The van der Waals surface area contributed by atoms with E-state index in [0.717, 1.165) is 31.7 Å². The molecule has 0 aliphatic heterocycles. The second-order valence-electron chi connectivity index (χ2n) is 4.11. The van der Waals surface area contributed by atoms with E-state index in [-0.39, 0.29) is 6.61 Å². The molecule has 0 amide bonds. The first-order chi connectivity index (χ1) is 8.86.